The number of hydrogen-bond acceptors (Lipinski definition) is 2. The van der Waals surface area contributed by atoms with Crippen molar-refractivity contribution >= 4 is 28.5 Å². The Kier molecular flexibility index (Phi) is 2.13. The lowest BCUT2D eigenvalue weighted by Crippen LogP contribution is -2.12. The topological polar surface area (TPSA) is 78.5 Å². The van der Waals surface area contributed by atoms with E-state index in [1.54, 1.807) is 12.4 Å². The summed E-state index contributed by atoms with van der Waals surface area (Å²) < 4.78 is 0. The van der Waals surface area contributed by atoms with Gasteiger partial charge < -0.3 is 10.7 Å². The molecular formula is C9H9ClN4. The van der Waals surface area contributed by atoms with Gasteiger partial charge in [-0.05, 0) is 17.7 Å². The van der Waals surface area contributed by atoms with E-state index in [1.165, 1.54) is 0 Å². The molecule has 2 aromatic rings. The minimum Gasteiger partial charge on any atom is -0.387 e. The molecule has 5 heteroatoms. The Bertz CT molecular complexity index is 489. The first-order valence-electron chi connectivity index (χ1n) is 4.11. The summed E-state index contributed by atoms with van der Waals surface area (Å²) in [6.45, 7) is 0. The highest BCUT2D eigenvalue weighted by atomic mass is 35.5. The maximum absolute atomic E-state index is 7.19. The third-order valence-electron chi connectivity index (χ3n) is 1.97. The van der Waals surface area contributed by atoms with Crippen LogP contribution in [0.25, 0.3) is 11.0 Å². The molecule has 1 aromatic carbocycles. The van der Waals surface area contributed by atoms with E-state index >= 15 is 0 Å². The average molecular weight is 209 g/mol. The number of nitrogens with zero attached hydrogens (tertiary/aromatic N) is 1. The van der Waals surface area contributed by atoms with Crippen molar-refractivity contribution < 1.29 is 0 Å². The smallest absolute Gasteiger partial charge is 0.0950 e. The van der Waals surface area contributed by atoms with Gasteiger partial charge in [0.05, 0.1) is 23.2 Å². The van der Waals surface area contributed by atoms with Crippen molar-refractivity contribution in [2.75, 3.05) is 0 Å². The number of benzene rings is 1. The van der Waals surface area contributed by atoms with Gasteiger partial charge in [-0.1, -0.05) is 11.6 Å². The van der Waals surface area contributed by atoms with Gasteiger partial charge in [0.2, 0.25) is 0 Å². The largest absolute Gasteiger partial charge is 0.387 e. The standard InChI is InChI=1S/C9H9ClN4/c10-6-3-8-7(13-4-14-8)1-5(6)2-9(11)12/h1,3-4H,2H2,(H3,11,12)(H,13,14). The van der Waals surface area contributed by atoms with Crippen LogP contribution in [0.5, 0.6) is 0 Å². The SMILES string of the molecule is N=C(N)Cc1cc2[nH]cnc2cc1Cl. The Labute approximate surface area is 85.6 Å². The Balaban J connectivity index is 2.53. The quantitative estimate of drug-likeness (QED) is 0.519. The van der Waals surface area contributed by atoms with Crippen LogP contribution >= 0.6 is 11.6 Å². The molecule has 1 aromatic heterocycles. The second-order valence-electron chi connectivity index (χ2n) is 3.07. The van der Waals surface area contributed by atoms with Gasteiger partial charge in [-0.2, -0.15) is 0 Å². The number of aromatic amines is 1. The molecule has 2 rings (SSSR count). The molecule has 0 radical (unpaired) electrons. The summed E-state index contributed by atoms with van der Waals surface area (Å²) in [4.78, 5) is 7.05. The summed E-state index contributed by atoms with van der Waals surface area (Å²) in [7, 11) is 0. The first kappa shape index (κ1) is 9.02. The zero-order valence-electron chi connectivity index (χ0n) is 7.34. The van der Waals surface area contributed by atoms with Gasteiger partial charge in [-0.15, -0.1) is 0 Å². The number of H-pyrrole nitrogens is 1. The molecule has 0 atom stereocenters. The van der Waals surface area contributed by atoms with Crippen LogP contribution in [-0.4, -0.2) is 15.8 Å². The molecule has 0 aliphatic heterocycles. The average Bonchev–Trinajstić information content (AvgIpc) is 2.51. The molecule has 0 saturated heterocycles. The van der Waals surface area contributed by atoms with Crippen molar-refractivity contribution in [3.05, 3.63) is 29.0 Å². The second-order valence-corrected chi connectivity index (χ2v) is 3.47. The van der Waals surface area contributed by atoms with E-state index in [2.05, 4.69) is 9.97 Å². The Hall–Kier alpha value is -1.55. The molecular weight excluding hydrogens is 200 g/mol. The van der Waals surface area contributed by atoms with Gasteiger partial charge in [0.15, 0.2) is 0 Å². The number of hydrogen-bond donors (Lipinski definition) is 3. The van der Waals surface area contributed by atoms with Gasteiger partial charge in [-0.25, -0.2) is 4.98 Å². The predicted octanol–water partition coefficient (Wildman–Crippen LogP) is 1.69. The van der Waals surface area contributed by atoms with Crippen LogP contribution < -0.4 is 5.73 Å². The van der Waals surface area contributed by atoms with Crippen molar-refractivity contribution in [3.63, 3.8) is 0 Å². The van der Waals surface area contributed by atoms with Crippen molar-refractivity contribution in [1.82, 2.24) is 9.97 Å². The molecule has 0 saturated carbocycles. The summed E-state index contributed by atoms with van der Waals surface area (Å²) in [5.41, 5.74) is 7.88. The molecule has 4 nitrogen and oxygen atoms in total. The number of aromatic nitrogens is 2. The molecule has 0 unspecified atom stereocenters. The van der Waals surface area contributed by atoms with Crippen molar-refractivity contribution in [1.29, 1.82) is 5.41 Å². The van der Waals surface area contributed by atoms with Crippen molar-refractivity contribution in [2.45, 2.75) is 6.42 Å². The van der Waals surface area contributed by atoms with E-state index < -0.39 is 0 Å². The highest BCUT2D eigenvalue weighted by molar-refractivity contribution is 6.32. The van der Waals surface area contributed by atoms with E-state index in [4.69, 9.17) is 22.7 Å². The van der Waals surface area contributed by atoms with E-state index in [-0.39, 0.29) is 5.84 Å². The van der Waals surface area contributed by atoms with E-state index in [1.807, 2.05) is 6.07 Å². The van der Waals surface area contributed by atoms with E-state index in [9.17, 15) is 0 Å². The number of halogens is 1. The lowest BCUT2D eigenvalue weighted by molar-refractivity contribution is 1.25. The molecule has 72 valence electrons. The van der Waals surface area contributed by atoms with Crippen LogP contribution in [0.2, 0.25) is 5.02 Å². The van der Waals surface area contributed by atoms with Gasteiger partial charge in [-0.3, -0.25) is 5.41 Å². The normalized spacial score (nSPS) is 10.6. The zero-order valence-corrected chi connectivity index (χ0v) is 8.10. The zero-order chi connectivity index (χ0) is 10.1. The molecule has 0 spiro atoms. The van der Waals surface area contributed by atoms with Crippen LogP contribution in [0.15, 0.2) is 18.5 Å². The third-order valence-corrected chi connectivity index (χ3v) is 2.32. The molecule has 1 heterocycles. The second kappa shape index (κ2) is 3.31. The van der Waals surface area contributed by atoms with Gasteiger partial charge in [0, 0.05) is 11.4 Å². The number of amidine groups is 1. The molecule has 4 N–H and O–H groups in total. The highest BCUT2D eigenvalue weighted by Crippen LogP contribution is 2.22. The summed E-state index contributed by atoms with van der Waals surface area (Å²) in [6, 6.07) is 3.64. The Morgan fingerprint density at radius 3 is 3.07 bits per heavy atom. The fourth-order valence-electron chi connectivity index (χ4n) is 1.34. The van der Waals surface area contributed by atoms with Crippen molar-refractivity contribution in [2.24, 2.45) is 5.73 Å². The fraction of sp³-hybridized carbons (Fsp3) is 0.111. The van der Waals surface area contributed by atoms with E-state index in [0.717, 1.165) is 16.6 Å². The minimum atomic E-state index is 0.103. The fourth-order valence-corrected chi connectivity index (χ4v) is 1.57. The van der Waals surface area contributed by atoms with Crippen LogP contribution in [0.3, 0.4) is 0 Å². The minimum absolute atomic E-state index is 0.103. The summed E-state index contributed by atoms with van der Waals surface area (Å²) >= 11 is 6.00. The molecule has 0 amide bonds. The van der Waals surface area contributed by atoms with Crippen molar-refractivity contribution in [3.8, 4) is 0 Å². The number of nitrogens with two attached hydrogens (primary N) is 1. The summed E-state index contributed by atoms with van der Waals surface area (Å²) in [5.74, 6) is 0.103. The number of imidazole rings is 1. The first-order chi connectivity index (χ1) is 6.66. The summed E-state index contributed by atoms with van der Waals surface area (Å²) in [6.07, 6.45) is 1.98. The van der Waals surface area contributed by atoms with Crippen LogP contribution in [0.1, 0.15) is 5.56 Å². The first-order valence-corrected chi connectivity index (χ1v) is 4.49. The molecule has 0 aliphatic carbocycles. The number of fused-ring (bicyclic) bond motifs is 1. The molecule has 14 heavy (non-hydrogen) atoms. The predicted molar refractivity (Wildman–Crippen MR) is 56.7 cm³/mol. The maximum atomic E-state index is 7.19. The van der Waals surface area contributed by atoms with Crippen LogP contribution in [0.4, 0.5) is 0 Å². The number of nitrogens with one attached hydrogen (secondary N) is 2. The molecule has 0 bridgehead atoms. The molecule has 0 fully saturated rings. The lowest BCUT2D eigenvalue weighted by Gasteiger charge is -2.02. The monoisotopic (exact) mass is 208 g/mol. The van der Waals surface area contributed by atoms with E-state index in [0.29, 0.717) is 11.4 Å². The molecule has 0 aliphatic rings. The summed E-state index contributed by atoms with van der Waals surface area (Å²) in [5, 5.41) is 7.79. The van der Waals surface area contributed by atoms with Gasteiger partial charge in [0.1, 0.15) is 0 Å². The highest BCUT2D eigenvalue weighted by Gasteiger charge is 2.05. The van der Waals surface area contributed by atoms with Crippen LogP contribution in [0, 0.1) is 5.41 Å². The Morgan fingerprint density at radius 2 is 2.36 bits per heavy atom. The Morgan fingerprint density at radius 1 is 1.57 bits per heavy atom. The maximum Gasteiger partial charge on any atom is 0.0950 e. The lowest BCUT2D eigenvalue weighted by atomic mass is 10.1. The van der Waals surface area contributed by atoms with Crippen LogP contribution in [-0.2, 0) is 6.42 Å². The van der Waals surface area contributed by atoms with Gasteiger partial charge >= 0.3 is 0 Å². The van der Waals surface area contributed by atoms with Gasteiger partial charge in [0.25, 0.3) is 0 Å². The number of rotatable bonds is 2. The third kappa shape index (κ3) is 1.56.